The second-order valence-electron chi connectivity index (χ2n) is 10.7. The number of anilines is 2. The lowest BCUT2D eigenvalue weighted by atomic mass is 9.83. The van der Waals surface area contributed by atoms with Crippen LogP contribution in [0.1, 0.15) is 31.9 Å². The quantitative estimate of drug-likeness (QED) is 0.172. The van der Waals surface area contributed by atoms with Gasteiger partial charge in [0.15, 0.2) is 5.82 Å². The topological polar surface area (TPSA) is 111 Å². The number of likely N-dealkylation sites (N-methyl/N-ethyl adjacent to an activating group) is 1. The summed E-state index contributed by atoms with van der Waals surface area (Å²) in [5, 5.41) is 17.7. The van der Waals surface area contributed by atoms with Gasteiger partial charge in [0.2, 0.25) is 11.8 Å². The Morgan fingerprint density at radius 3 is 2.34 bits per heavy atom. The number of nitrogens with one attached hydrogen (secondary N) is 2. The van der Waals surface area contributed by atoms with Gasteiger partial charge < -0.3 is 29.8 Å². The number of methoxy groups -OCH3 is 2. The van der Waals surface area contributed by atoms with Crippen molar-refractivity contribution in [1.82, 2.24) is 19.9 Å². The summed E-state index contributed by atoms with van der Waals surface area (Å²) in [7, 11) is 3.09. The maximum atomic E-state index is 14.8. The molecule has 0 radical (unpaired) electrons. The second kappa shape index (κ2) is 12.2. The number of benzene rings is 3. The molecule has 5 aromatic rings. The van der Waals surface area contributed by atoms with Gasteiger partial charge in [-0.25, -0.2) is 18.7 Å². The molecule has 0 aliphatic carbocycles. The SMILES string of the molecule is CCNC(=O)C(C)(C)c1ccc(Nc2nc(-c3c(F)cccc3F)nc3cn(Cc4ccc(OC)cc4OC)c(O)c23)cc1. The number of fused-ring (bicyclic) bond motifs is 1. The van der Waals surface area contributed by atoms with Crippen molar-refractivity contribution < 1.29 is 28.2 Å². The van der Waals surface area contributed by atoms with Crippen LogP contribution in [0, 0.1) is 11.6 Å². The molecule has 0 unspecified atom stereocenters. The van der Waals surface area contributed by atoms with Gasteiger partial charge in [-0.15, -0.1) is 0 Å². The summed E-state index contributed by atoms with van der Waals surface area (Å²) in [6.45, 7) is 6.25. The number of amides is 1. The van der Waals surface area contributed by atoms with E-state index < -0.39 is 17.0 Å². The lowest BCUT2D eigenvalue weighted by Crippen LogP contribution is -2.39. The van der Waals surface area contributed by atoms with Crippen LogP contribution >= 0.6 is 0 Å². The minimum atomic E-state index is -0.820. The van der Waals surface area contributed by atoms with Gasteiger partial charge in [0.05, 0.1) is 37.3 Å². The number of hydrogen-bond donors (Lipinski definition) is 3. The van der Waals surface area contributed by atoms with Crippen LogP contribution in [0.2, 0.25) is 0 Å². The third-order valence-electron chi connectivity index (χ3n) is 7.51. The van der Waals surface area contributed by atoms with E-state index in [1.807, 2.05) is 39.0 Å². The molecule has 0 saturated heterocycles. The molecule has 0 saturated carbocycles. The number of halogens is 2. The molecule has 0 aliphatic rings. The third-order valence-corrected chi connectivity index (χ3v) is 7.51. The minimum Gasteiger partial charge on any atom is -0.497 e. The Morgan fingerprint density at radius 1 is 1.00 bits per heavy atom. The maximum Gasteiger partial charge on any atom is 0.230 e. The van der Waals surface area contributed by atoms with Gasteiger partial charge in [-0.2, -0.15) is 0 Å². The number of aromatic hydroxyl groups is 1. The van der Waals surface area contributed by atoms with E-state index in [4.69, 9.17) is 9.47 Å². The summed E-state index contributed by atoms with van der Waals surface area (Å²) in [6, 6.07) is 16.0. The van der Waals surface area contributed by atoms with E-state index in [0.717, 1.165) is 23.3 Å². The van der Waals surface area contributed by atoms with Crippen molar-refractivity contribution >= 4 is 28.3 Å². The van der Waals surface area contributed by atoms with Crippen LogP contribution in [0.3, 0.4) is 0 Å². The summed E-state index contributed by atoms with van der Waals surface area (Å²) < 4.78 is 42.0. The number of carbonyl (C=O) groups is 1. The van der Waals surface area contributed by atoms with Crippen molar-refractivity contribution in [2.45, 2.75) is 32.7 Å². The molecule has 2 aromatic heterocycles. The highest BCUT2D eigenvalue weighted by Gasteiger charge is 2.29. The van der Waals surface area contributed by atoms with E-state index >= 15 is 0 Å². The van der Waals surface area contributed by atoms with Gasteiger partial charge in [0.25, 0.3) is 0 Å². The maximum absolute atomic E-state index is 14.8. The first-order valence-corrected chi connectivity index (χ1v) is 14.0. The average molecular weight is 602 g/mol. The zero-order valence-electron chi connectivity index (χ0n) is 25.0. The van der Waals surface area contributed by atoms with Gasteiger partial charge in [0, 0.05) is 30.1 Å². The third kappa shape index (κ3) is 5.72. The van der Waals surface area contributed by atoms with Crippen LogP contribution in [0.4, 0.5) is 20.3 Å². The van der Waals surface area contributed by atoms with E-state index in [1.165, 1.54) is 13.2 Å². The van der Waals surface area contributed by atoms with Crippen molar-refractivity contribution in [2.75, 3.05) is 26.1 Å². The van der Waals surface area contributed by atoms with Gasteiger partial charge in [-0.3, -0.25) is 4.79 Å². The van der Waals surface area contributed by atoms with E-state index in [0.29, 0.717) is 23.7 Å². The highest BCUT2D eigenvalue weighted by atomic mass is 19.1. The lowest BCUT2D eigenvalue weighted by Gasteiger charge is -2.24. The fraction of sp³-hybridized carbons (Fsp3) is 0.242. The molecule has 0 bridgehead atoms. The molecule has 228 valence electrons. The molecule has 5 rings (SSSR count). The van der Waals surface area contributed by atoms with Gasteiger partial charge in [0.1, 0.15) is 34.3 Å². The lowest BCUT2D eigenvalue weighted by molar-refractivity contribution is -0.125. The Kier molecular flexibility index (Phi) is 8.39. The molecular formula is C33H33F2N5O4. The number of aromatic nitrogens is 3. The number of ether oxygens (including phenoxy) is 2. The summed E-state index contributed by atoms with van der Waals surface area (Å²) in [4.78, 5) is 21.5. The highest BCUT2D eigenvalue weighted by molar-refractivity contribution is 5.97. The van der Waals surface area contributed by atoms with Gasteiger partial charge in [-0.05, 0) is 62.7 Å². The van der Waals surface area contributed by atoms with Crippen molar-refractivity contribution in [3.8, 4) is 28.8 Å². The highest BCUT2D eigenvalue weighted by Crippen LogP contribution is 2.37. The molecule has 0 atom stereocenters. The Balaban J connectivity index is 1.60. The Morgan fingerprint density at radius 2 is 1.70 bits per heavy atom. The molecule has 0 fully saturated rings. The molecule has 9 nitrogen and oxygen atoms in total. The minimum absolute atomic E-state index is 0.102. The largest absolute Gasteiger partial charge is 0.497 e. The number of hydrogen-bond acceptors (Lipinski definition) is 7. The number of carbonyl (C=O) groups excluding carboxylic acids is 1. The van der Waals surface area contributed by atoms with Gasteiger partial charge in [-0.1, -0.05) is 18.2 Å². The van der Waals surface area contributed by atoms with Crippen LogP contribution in [-0.4, -0.2) is 46.3 Å². The summed E-state index contributed by atoms with van der Waals surface area (Å²) in [5.74, 6) is -0.787. The zero-order chi connectivity index (χ0) is 31.6. The molecule has 11 heteroatoms. The number of nitrogens with zero attached hydrogens (tertiary/aromatic N) is 3. The van der Waals surface area contributed by atoms with E-state index in [-0.39, 0.29) is 46.4 Å². The smallest absolute Gasteiger partial charge is 0.230 e. The molecular weight excluding hydrogens is 568 g/mol. The fourth-order valence-corrected chi connectivity index (χ4v) is 4.96. The van der Waals surface area contributed by atoms with Gasteiger partial charge >= 0.3 is 0 Å². The molecule has 0 aliphatic heterocycles. The predicted molar refractivity (Wildman–Crippen MR) is 165 cm³/mol. The first-order chi connectivity index (χ1) is 21.1. The van der Waals surface area contributed by atoms with Crippen LogP contribution < -0.4 is 20.1 Å². The standard InChI is InChI=1S/C33H33F2N5O4/c1-6-36-32(42)33(2,3)20-11-13-21(14-12-20)37-30-28-25(38-29(39-30)27-23(34)8-7-9-24(27)35)18-40(31(28)41)17-19-10-15-22(43-4)16-26(19)44-5/h7-16,18,41H,6,17H2,1-5H3,(H,36,42)(H,37,38,39). The van der Waals surface area contributed by atoms with Crippen LogP contribution in [0.5, 0.6) is 17.4 Å². The zero-order valence-corrected chi connectivity index (χ0v) is 25.0. The molecule has 3 aromatic carbocycles. The number of rotatable bonds is 10. The van der Waals surface area contributed by atoms with E-state index in [1.54, 1.807) is 42.1 Å². The van der Waals surface area contributed by atoms with E-state index in [2.05, 4.69) is 20.6 Å². The first kappa shape index (κ1) is 30.3. The molecule has 0 spiro atoms. The molecule has 44 heavy (non-hydrogen) atoms. The molecule has 1 amide bonds. The summed E-state index contributed by atoms with van der Waals surface area (Å²) in [5.41, 5.74) is 1.21. The molecule has 3 N–H and O–H groups in total. The average Bonchev–Trinajstić information content (AvgIpc) is 3.32. The van der Waals surface area contributed by atoms with Crippen molar-refractivity contribution in [2.24, 2.45) is 0 Å². The Labute approximate surface area is 253 Å². The Bertz CT molecular complexity index is 1820. The van der Waals surface area contributed by atoms with Crippen molar-refractivity contribution in [1.29, 1.82) is 0 Å². The van der Waals surface area contributed by atoms with Crippen molar-refractivity contribution in [3.63, 3.8) is 0 Å². The summed E-state index contributed by atoms with van der Waals surface area (Å²) >= 11 is 0. The monoisotopic (exact) mass is 601 g/mol. The van der Waals surface area contributed by atoms with Crippen molar-refractivity contribution in [3.05, 3.63) is 89.6 Å². The normalized spacial score (nSPS) is 11.4. The van der Waals surface area contributed by atoms with Crippen LogP contribution in [-0.2, 0) is 16.8 Å². The van der Waals surface area contributed by atoms with E-state index in [9.17, 15) is 18.7 Å². The Hall–Kier alpha value is -5.19. The molecule has 2 heterocycles. The second-order valence-corrected chi connectivity index (χ2v) is 10.7. The predicted octanol–water partition coefficient (Wildman–Crippen LogP) is 6.30. The van der Waals surface area contributed by atoms with Crippen LogP contribution in [0.15, 0.2) is 66.9 Å². The van der Waals surface area contributed by atoms with Crippen LogP contribution in [0.25, 0.3) is 22.3 Å². The first-order valence-electron chi connectivity index (χ1n) is 14.0. The summed E-state index contributed by atoms with van der Waals surface area (Å²) in [6.07, 6.45) is 1.58. The fourth-order valence-electron chi connectivity index (χ4n) is 4.96.